The number of rotatable bonds is 4. The van der Waals surface area contributed by atoms with Crippen LogP contribution < -0.4 is 10.3 Å². The summed E-state index contributed by atoms with van der Waals surface area (Å²) in [6.07, 6.45) is 1.63. The Morgan fingerprint density at radius 1 is 1.17 bits per heavy atom. The van der Waals surface area contributed by atoms with Crippen LogP contribution in [0.15, 0.2) is 51.8 Å². The SMILES string of the molecule is O=C1c2oc3ccc(F)cc3c(=O)c2[C@@H](c2ccccn2)N1CC[NH+]1CCOCC1. The average molecular weight is 410 g/mol. The number of amides is 1. The minimum atomic E-state index is -0.655. The van der Waals surface area contributed by atoms with Crippen LogP contribution in [0.2, 0.25) is 0 Å². The smallest absolute Gasteiger partial charge is 0.291 e. The van der Waals surface area contributed by atoms with Crippen molar-refractivity contribution < 1.29 is 23.2 Å². The second-order valence-electron chi connectivity index (χ2n) is 7.58. The summed E-state index contributed by atoms with van der Waals surface area (Å²) in [7, 11) is 0. The fraction of sp³-hybridized carbons (Fsp3) is 0.318. The van der Waals surface area contributed by atoms with E-state index in [4.69, 9.17) is 9.15 Å². The normalized spacial score (nSPS) is 19.4. The first-order chi connectivity index (χ1) is 14.6. The van der Waals surface area contributed by atoms with Gasteiger partial charge in [-0.1, -0.05) is 6.07 Å². The first-order valence-electron chi connectivity index (χ1n) is 10.0. The lowest BCUT2D eigenvalue weighted by Gasteiger charge is -2.28. The van der Waals surface area contributed by atoms with Gasteiger partial charge < -0.3 is 19.0 Å². The average Bonchev–Trinajstić information content (AvgIpc) is 3.06. The number of carbonyl (C=O) groups is 1. The summed E-state index contributed by atoms with van der Waals surface area (Å²) in [5, 5.41) is 0.128. The van der Waals surface area contributed by atoms with Crippen LogP contribution in [-0.4, -0.2) is 55.2 Å². The molecule has 1 atom stereocenters. The highest BCUT2D eigenvalue weighted by Gasteiger charge is 2.43. The molecule has 30 heavy (non-hydrogen) atoms. The number of quaternary nitrogens is 1. The molecule has 0 spiro atoms. The summed E-state index contributed by atoms with van der Waals surface area (Å²) < 4.78 is 25.0. The van der Waals surface area contributed by atoms with Crippen LogP contribution in [0.1, 0.15) is 27.9 Å². The molecule has 0 aliphatic carbocycles. The van der Waals surface area contributed by atoms with Gasteiger partial charge in [-0.25, -0.2) is 4.39 Å². The zero-order valence-electron chi connectivity index (χ0n) is 16.3. The highest BCUT2D eigenvalue weighted by molar-refractivity contribution is 5.98. The third kappa shape index (κ3) is 3.18. The van der Waals surface area contributed by atoms with Crippen LogP contribution in [0.3, 0.4) is 0 Å². The van der Waals surface area contributed by atoms with Crippen molar-refractivity contribution in [3.05, 3.63) is 75.7 Å². The van der Waals surface area contributed by atoms with Gasteiger partial charge in [-0.15, -0.1) is 0 Å². The molecule has 7 nitrogen and oxygen atoms in total. The quantitative estimate of drug-likeness (QED) is 0.688. The highest BCUT2D eigenvalue weighted by Crippen LogP contribution is 2.36. The van der Waals surface area contributed by atoms with E-state index < -0.39 is 17.3 Å². The van der Waals surface area contributed by atoms with Crippen molar-refractivity contribution in [3.8, 4) is 0 Å². The van der Waals surface area contributed by atoms with Gasteiger partial charge in [0, 0.05) is 6.20 Å². The first-order valence-corrected chi connectivity index (χ1v) is 10.0. The lowest BCUT2D eigenvalue weighted by atomic mass is 10.0. The number of fused-ring (bicyclic) bond motifs is 2. The standard InChI is InChI=1S/C22H20FN3O4/c23-14-4-5-17-15(13-14)20(27)18-19(16-3-1-2-6-24-16)26(22(28)21(18)30-17)8-7-25-9-11-29-12-10-25/h1-6,13,19H,7-12H2/p+1/t19-/m1/s1. The van der Waals surface area contributed by atoms with Crippen LogP contribution >= 0.6 is 0 Å². The van der Waals surface area contributed by atoms with E-state index in [0.29, 0.717) is 25.5 Å². The summed E-state index contributed by atoms with van der Waals surface area (Å²) in [5.41, 5.74) is 0.628. The number of halogens is 1. The second-order valence-corrected chi connectivity index (χ2v) is 7.58. The molecule has 3 aromatic rings. The van der Waals surface area contributed by atoms with E-state index >= 15 is 0 Å². The van der Waals surface area contributed by atoms with E-state index in [-0.39, 0.29) is 28.2 Å². The minimum Gasteiger partial charge on any atom is -0.450 e. The molecule has 2 aromatic heterocycles. The fourth-order valence-electron chi connectivity index (χ4n) is 4.26. The zero-order valence-corrected chi connectivity index (χ0v) is 16.3. The number of hydrogen-bond donors (Lipinski definition) is 1. The van der Waals surface area contributed by atoms with Crippen molar-refractivity contribution >= 4 is 16.9 Å². The van der Waals surface area contributed by atoms with E-state index in [9.17, 15) is 14.0 Å². The Labute approximate surface area is 171 Å². The summed E-state index contributed by atoms with van der Waals surface area (Å²) >= 11 is 0. The summed E-state index contributed by atoms with van der Waals surface area (Å²) in [6, 6.07) is 8.49. The van der Waals surface area contributed by atoms with Crippen molar-refractivity contribution in [2.75, 3.05) is 39.4 Å². The summed E-state index contributed by atoms with van der Waals surface area (Å²) in [6.45, 7) is 4.33. The molecule has 0 bridgehead atoms. The Morgan fingerprint density at radius 3 is 2.77 bits per heavy atom. The molecule has 1 saturated heterocycles. The number of hydrogen-bond acceptors (Lipinski definition) is 5. The molecule has 8 heteroatoms. The Balaban J connectivity index is 1.60. The molecular formula is C22H21FN3O4+. The van der Waals surface area contributed by atoms with Crippen LogP contribution in [0.4, 0.5) is 4.39 Å². The first kappa shape index (κ1) is 18.9. The van der Waals surface area contributed by atoms with Gasteiger partial charge in [0.15, 0.2) is 5.43 Å². The number of aromatic nitrogens is 1. The molecule has 1 amide bonds. The molecule has 1 fully saturated rings. The summed E-state index contributed by atoms with van der Waals surface area (Å²) in [4.78, 5) is 34.0. The zero-order chi connectivity index (χ0) is 20.7. The molecular weight excluding hydrogens is 389 g/mol. The molecule has 0 radical (unpaired) electrons. The van der Waals surface area contributed by atoms with Gasteiger partial charge in [-0.2, -0.15) is 0 Å². The maximum absolute atomic E-state index is 13.8. The fourth-order valence-corrected chi connectivity index (χ4v) is 4.26. The van der Waals surface area contributed by atoms with Crippen molar-refractivity contribution in [1.29, 1.82) is 0 Å². The molecule has 0 unspecified atom stereocenters. The largest absolute Gasteiger partial charge is 0.450 e. The van der Waals surface area contributed by atoms with E-state index in [1.165, 1.54) is 17.0 Å². The van der Waals surface area contributed by atoms with Gasteiger partial charge in [0.2, 0.25) is 5.76 Å². The van der Waals surface area contributed by atoms with Crippen molar-refractivity contribution in [3.63, 3.8) is 0 Å². The maximum Gasteiger partial charge on any atom is 0.291 e. The van der Waals surface area contributed by atoms with Gasteiger partial charge in [0.05, 0.1) is 42.9 Å². The molecule has 5 rings (SSSR count). The number of carbonyl (C=O) groups excluding carboxylic acids is 1. The topological polar surface area (TPSA) is 77.1 Å². The van der Waals surface area contributed by atoms with Gasteiger partial charge in [-0.05, 0) is 30.3 Å². The number of nitrogens with zero attached hydrogens (tertiary/aromatic N) is 2. The maximum atomic E-state index is 13.8. The lowest BCUT2D eigenvalue weighted by molar-refractivity contribution is -0.907. The Bertz CT molecular complexity index is 1160. The molecule has 2 aliphatic heterocycles. The van der Waals surface area contributed by atoms with Gasteiger partial charge in [0.1, 0.15) is 30.5 Å². The van der Waals surface area contributed by atoms with Crippen LogP contribution in [0.5, 0.6) is 0 Å². The van der Waals surface area contributed by atoms with E-state index in [1.807, 2.05) is 6.07 Å². The molecule has 4 heterocycles. The van der Waals surface area contributed by atoms with Crippen LogP contribution in [0.25, 0.3) is 11.0 Å². The van der Waals surface area contributed by atoms with Crippen molar-refractivity contribution in [1.82, 2.24) is 9.88 Å². The minimum absolute atomic E-state index is 0.0201. The van der Waals surface area contributed by atoms with Crippen LogP contribution in [0, 0.1) is 5.82 Å². The lowest BCUT2D eigenvalue weighted by Crippen LogP contribution is -3.14. The molecule has 1 N–H and O–H groups in total. The van der Waals surface area contributed by atoms with Crippen LogP contribution in [-0.2, 0) is 4.74 Å². The Hall–Kier alpha value is -3.10. The monoisotopic (exact) mass is 410 g/mol. The number of nitrogens with one attached hydrogen (secondary N) is 1. The van der Waals surface area contributed by atoms with E-state index in [0.717, 1.165) is 25.7 Å². The predicted molar refractivity (Wildman–Crippen MR) is 106 cm³/mol. The third-order valence-electron chi connectivity index (χ3n) is 5.80. The second kappa shape index (κ2) is 7.62. The van der Waals surface area contributed by atoms with Gasteiger partial charge in [-0.3, -0.25) is 14.6 Å². The summed E-state index contributed by atoms with van der Waals surface area (Å²) in [5.74, 6) is -0.843. The molecule has 154 valence electrons. The van der Waals surface area contributed by atoms with E-state index in [2.05, 4.69) is 4.98 Å². The molecule has 2 aliphatic rings. The van der Waals surface area contributed by atoms with Crippen molar-refractivity contribution in [2.24, 2.45) is 0 Å². The Kier molecular flexibility index (Phi) is 4.80. The molecule has 1 aromatic carbocycles. The molecule has 0 saturated carbocycles. The Morgan fingerprint density at radius 2 is 2.00 bits per heavy atom. The van der Waals surface area contributed by atoms with Gasteiger partial charge >= 0.3 is 0 Å². The third-order valence-corrected chi connectivity index (χ3v) is 5.80. The van der Waals surface area contributed by atoms with Crippen molar-refractivity contribution in [2.45, 2.75) is 6.04 Å². The number of benzene rings is 1. The highest BCUT2D eigenvalue weighted by atomic mass is 19.1. The van der Waals surface area contributed by atoms with E-state index in [1.54, 1.807) is 23.2 Å². The predicted octanol–water partition coefficient (Wildman–Crippen LogP) is 0.787. The number of ether oxygens (including phenoxy) is 1. The van der Waals surface area contributed by atoms with Gasteiger partial charge in [0.25, 0.3) is 5.91 Å². The number of pyridine rings is 1. The number of morpholine rings is 1.